The van der Waals surface area contributed by atoms with Gasteiger partial charge in [0.25, 0.3) is 5.89 Å². The summed E-state index contributed by atoms with van der Waals surface area (Å²) in [6, 6.07) is 6.96. The van der Waals surface area contributed by atoms with E-state index in [4.69, 9.17) is 33.5 Å². The Balaban J connectivity index is 2.01. The van der Waals surface area contributed by atoms with Gasteiger partial charge in [-0.25, -0.2) is 0 Å². The van der Waals surface area contributed by atoms with Gasteiger partial charge in [0.15, 0.2) is 0 Å². The Kier molecular flexibility index (Phi) is 3.18. The number of nitrogen functional groups attached to an aromatic ring is 1. The van der Waals surface area contributed by atoms with Crippen LogP contribution in [-0.2, 0) is 0 Å². The number of nitrogens with two attached hydrogens (primary N) is 1. The first-order valence-electron chi connectivity index (χ1n) is 5.27. The lowest BCUT2D eigenvalue weighted by Gasteiger charge is -1.98. The van der Waals surface area contributed by atoms with Crippen molar-refractivity contribution < 1.29 is 4.52 Å². The van der Waals surface area contributed by atoms with E-state index in [1.54, 1.807) is 24.3 Å². The molecule has 19 heavy (non-hydrogen) atoms. The van der Waals surface area contributed by atoms with Crippen molar-refractivity contribution >= 4 is 40.2 Å². The largest absolute Gasteiger partial charge is 0.398 e. The van der Waals surface area contributed by atoms with Crippen LogP contribution in [0.5, 0.6) is 0 Å². The molecule has 2 aromatic heterocycles. The molecule has 7 heteroatoms. The Bertz CT molecular complexity index is 738. The van der Waals surface area contributed by atoms with Crippen molar-refractivity contribution in [3.05, 3.63) is 39.7 Å². The van der Waals surface area contributed by atoms with Gasteiger partial charge in [-0.05, 0) is 29.6 Å². The van der Waals surface area contributed by atoms with E-state index in [2.05, 4.69) is 10.1 Å². The van der Waals surface area contributed by atoms with Crippen molar-refractivity contribution in [2.24, 2.45) is 0 Å². The smallest absolute Gasteiger partial charge is 0.269 e. The summed E-state index contributed by atoms with van der Waals surface area (Å²) >= 11 is 13.3. The molecule has 0 amide bonds. The second kappa shape index (κ2) is 4.85. The van der Waals surface area contributed by atoms with Crippen LogP contribution >= 0.6 is 34.5 Å². The van der Waals surface area contributed by atoms with Crippen LogP contribution in [-0.4, -0.2) is 10.1 Å². The monoisotopic (exact) mass is 311 g/mol. The molecule has 0 bridgehead atoms. The third-order valence-corrected chi connectivity index (χ3v) is 4.17. The molecule has 0 aliphatic heterocycles. The summed E-state index contributed by atoms with van der Waals surface area (Å²) in [4.78, 5) is 5.06. The highest BCUT2D eigenvalue weighted by atomic mass is 35.5. The Morgan fingerprint density at radius 3 is 2.68 bits per heavy atom. The quantitative estimate of drug-likeness (QED) is 0.714. The third kappa shape index (κ3) is 2.32. The van der Waals surface area contributed by atoms with E-state index in [9.17, 15) is 0 Å². The van der Waals surface area contributed by atoms with Crippen LogP contribution in [0, 0.1) is 0 Å². The molecule has 1 aromatic carbocycles. The van der Waals surface area contributed by atoms with Gasteiger partial charge < -0.3 is 10.3 Å². The Morgan fingerprint density at radius 2 is 2.00 bits per heavy atom. The fraction of sp³-hybridized carbons (Fsp3) is 0. The predicted molar refractivity (Wildman–Crippen MR) is 77.5 cm³/mol. The van der Waals surface area contributed by atoms with Crippen LogP contribution in [0.3, 0.4) is 0 Å². The number of hydrogen-bond donors (Lipinski definition) is 1. The van der Waals surface area contributed by atoms with E-state index in [-0.39, 0.29) is 0 Å². The fourth-order valence-corrected chi connectivity index (χ4v) is 2.74. The number of halogens is 2. The lowest BCUT2D eigenvalue weighted by Crippen LogP contribution is -1.88. The molecule has 0 radical (unpaired) electrons. The van der Waals surface area contributed by atoms with Crippen molar-refractivity contribution in [3.8, 4) is 22.2 Å². The van der Waals surface area contributed by atoms with Crippen LogP contribution in [0.25, 0.3) is 22.2 Å². The van der Waals surface area contributed by atoms with E-state index in [0.29, 0.717) is 27.4 Å². The molecule has 0 saturated heterocycles. The van der Waals surface area contributed by atoms with E-state index in [0.717, 1.165) is 10.4 Å². The molecule has 0 fully saturated rings. The van der Waals surface area contributed by atoms with Gasteiger partial charge in [0.1, 0.15) is 4.88 Å². The summed E-state index contributed by atoms with van der Waals surface area (Å²) in [7, 11) is 0. The van der Waals surface area contributed by atoms with Gasteiger partial charge in [-0.3, -0.25) is 0 Å². The second-order valence-corrected chi connectivity index (χ2v) is 5.49. The highest BCUT2D eigenvalue weighted by Gasteiger charge is 2.15. The van der Waals surface area contributed by atoms with E-state index in [1.807, 2.05) is 5.38 Å². The van der Waals surface area contributed by atoms with Gasteiger partial charge in [0, 0.05) is 5.56 Å². The molecule has 4 nitrogen and oxygen atoms in total. The minimum absolute atomic E-state index is 0.392. The number of thiophene rings is 1. The summed E-state index contributed by atoms with van der Waals surface area (Å²) < 4.78 is 5.21. The third-order valence-electron chi connectivity index (χ3n) is 2.49. The topological polar surface area (TPSA) is 64.9 Å². The van der Waals surface area contributed by atoms with Crippen molar-refractivity contribution in [1.82, 2.24) is 10.1 Å². The normalized spacial score (nSPS) is 10.8. The maximum absolute atomic E-state index is 6.02. The zero-order valence-electron chi connectivity index (χ0n) is 9.43. The minimum atomic E-state index is 0.392. The highest BCUT2D eigenvalue weighted by Crippen LogP contribution is 2.33. The number of rotatable bonds is 2. The molecule has 3 rings (SSSR count). The average Bonchev–Trinajstić information content (AvgIpc) is 3.01. The van der Waals surface area contributed by atoms with Crippen LogP contribution in [0.2, 0.25) is 10.0 Å². The Hall–Kier alpha value is -1.56. The molecule has 3 aromatic rings. The lowest BCUT2D eigenvalue weighted by atomic mass is 10.2. The van der Waals surface area contributed by atoms with Gasteiger partial charge in [0.2, 0.25) is 5.82 Å². The van der Waals surface area contributed by atoms with Crippen molar-refractivity contribution in [2.75, 3.05) is 5.73 Å². The molecule has 2 N–H and O–H groups in total. The average molecular weight is 312 g/mol. The molecule has 0 aliphatic carbocycles. The van der Waals surface area contributed by atoms with Crippen LogP contribution in [0.15, 0.2) is 34.2 Å². The molecule has 0 saturated carbocycles. The molecular weight excluding hydrogens is 305 g/mol. The summed E-state index contributed by atoms with van der Waals surface area (Å²) in [6.07, 6.45) is 0. The van der Waals surface area contributed by atoms with Crippen molar-refractivity contribution in [2.45, 2.75) is 0 Å². The fourth-order valence-electron chi connectivity index (χ4n) is 1.56. The zero-order chi connectivity index (χ0) is 13.4. The van der Waals surface area contributed by atoms with Crippen LogP contribution < -0.4 is 5.73 Å². The molecule has 0 aliphatic rings. The van der Waals surface area contributed by atoms with Crippen LogP contribution in [0.1, 0.15) is 0 Å². The molecule has 0 spiro atoms. The highest BCUT2D eigenvalue weighted by molar-refractivity contribution is 7.14. The standard InChI is InChI=1S/C12H7Cl2N3OS/c13-7-2-1-6(5-9(7)15)11-16-12(18-17-11)10-8(14)3-4-19-10/h1-5H,15H2. The summed E-state index contributed by atoms with van der Waals surface area (Å²) in [5, 5.41) is 6.87. The first-order chi connectivity index (χ1) is 9.15. The summed E-state index contributed by atoms with van der Waals surface area (Å²) in [5.41, 5.74) is 6.96. The zero-order valence-corrected chi connectivity index (χ0v) is 11.8. The van der Waals surface area contributed by atoms with E-state index >= 15 is 0 Å². The number of aromatic nitrogens is 2. The number of nitrogens with zero attached hydrogens (tertiary/aromatic N) is 2. The first kappa shape index (κ1) is 12.5. The number of hydrogen-bond acceptors (Lipinski definition) is 5. The molecule has 0 atom stereocenters. The van der Waals surface area contributed by atoms with Crippen molar-refractivity contribution in [1.29, 1.82) is 0 Å². The first-order valence-corrected chi connectivity index (χ1v) is 6.91. The van der Waals surface area contributed by atoms with Gasteiger partial charge in [-0.2, -0.15) is 4.98 Å². The minimum Gasteiger partial charge on any atom is -0.398 e. The number of benzene rings is 1. The van der Waals surface area contributed by atoms with Gasteiger partial charge in [-0.1, -0.05) is 28.4 Å². The SMILES string of the molecule is Nc1cc(-c2noc(-c3sccc3Cl)n2)ccc1Cl. The Labute approximate surface area is 122 Å². The van der Waals surface area contributed by atoms with E-state index < -0.39 is 0 Å². The van der Waals surface area contributed by atoms with Gasteiger partial charge in [-0.15, -0.1) is 11.3 Å². The lowest BCUT2D eigenvalue weighted by molar-refractivity contribution is 0.433. The molecular formula is C12H7Cl2N3OS. The second-order valence-electron chi connectivity index (χ2n) is 3.76. The van der Waals surface area contributed by atoms with Crippen LogP contribution in [0.4, 0.5) is 5.69 Å². The maximum atomic E-state index is 6.02. The molecule has 0 unspecified atom stereocenters. The summed E-state index contributed by atoms with van der Waals surface area (Å²) in [6.45, 7) is 0. The molecule has 2 heterocycles. The van der Waals surface area contributed by atoms with Gasteiger partial charge in [0.05, 0.1) is 15.7 Å². The van der Waals surface area contributed by atoms with Gasteiger partial charge >= 0.3 is 0 Å². The molecule has 96 valence electrons. The number of anilines is 1. The summed E-state index contributed by atoms with van der Waals surface area (Å²) in [5.74, 6) is 0.839. The van der Waals surface area contributed by atoms with E-state index in [1.165, 1.54) is 11.3 Å². The predicted octanol–water partition coefficient (Wildman–Crippen LogP) is 4.35. The maximum Gasteiger partial charge on any atom is 0.269 e. The van der Waals surface area contributed by atoms with Crippen molar-refractivity contribution in [3.63, 3.8) is 0 Å². The Morgan fingerprint density at radius 1 is 1.16 bits per heavy atom.